The highest BCUT2D eigenvalue weighted by atomic mass is 32.2. The van der Waals surface area contributed by atoms with Crippen molar-refractivity contribution in [3.05, 3.63) is 15.6 Å². The van der Waals surface area contributed by atoms with Crippen molar-refractivity contribution in [2.45, 2.75) is 40.0 Å². The van der Waals surface area contributed by atoms with E-state index in [2.05, 4.69) is 9.71 Å². The van der Waals surface area contributed by atoms with E-state index in [9.17, 15) is 8.42 Å². The average Bonchev–Trinajstić information content (AvgIpc) is 2.55. The van der Waals surface area contributed by atoms with Crippen LogP contribution in [0.3, 0.4) is 0 Å². The zero-order valence-electron chi connectivity index (χ0n) is 10.6. The number of aromatic nitrogens is 1. The number of hydrogen-bond acceptors (Lipinski definition) is 4. The molecule has 0 aliphatic carbocycles. The lowest BCUT2D eigenvalue weighted by molar-refractivity contribution is 0.578. The van der Waals surface area contributed by atoms with Crippen molar-refractivity contribution in [3.63, 3.8) is 0 Å². The number of rotatable bonds is 7. The van der Waals surface area contributed by atoms with Crippen LogP contribution in [0.15, 0.2) is 0 Å². The molecule has 0 aromatic carbocycles. The van der Waals surface area contributed by atoms with Gasteiger partial charge in [-0.05, 0) is 20.3 Å². The predicted octanol–water partition coefficient (Wildman–Crippen LogP) is 2.02. The lowest BCUT2D eigenvalue weighted by atomic mass is 10.4. The molecule has 1 aromatic rings. The van der Waals surface area contributed by atoms with Crippen molar-refractivity contribution in [3.8, 4) is 0 Å². The molecule has 1 heterocycles. The van der Waals surface area contributed by atoms with Crippen molar-refractivity contribution in [2.24, 2.45) is 0 Å². The fourth-order valence-electron chi connectivity index (χ4n) is 1.37. The number of unbranched alkanes of at least 4 members (excludes halogenated alkanes) is 1. The van der Waals surface area contributed by atoms with Gasteiger partial charge in [-0.25, -0.2) is 18.1 Å². The molecule has 0 aliphatic rings. The van der Waals surface area contributed by atoms with E-state index in [4.69, 9.17) is 0 Å². The van der Waals surface area contributed by atoms with Gasteiger partial charge in [0.25, 0.3) is 0 Å². The summed E-state index contributed by atoms with van der Waals surface area (Å²) >= 11 is 1.64. The molecule has 4 nitrogen and oxygen atoms in total. The largest absolute Gasteiger partial charge is 0.246 e. The van der Waals surface area contributed by atoms with E-state index < -0.39 is 10.0 Å². The fourth-order valence-corrected chi connectivity index (χ4v) is 3.53. The molecule has 0 saturated carbocycles. The molecule has 1 N–H and O–H groups in total. The minimum atomic E-state index is -3.09. The van der Waals surface area contributed by atoms with E-state index in [1.54, 1.807) is 11.3 Å². The number of thiazole rings is 1. The molecule has 0 fully saturated rings. The lowest BCUT2D eigenvalue weighted by Gasteiger charge is -2.04. The Hall–Kier alpha value is -0.460. The lowest BCUT2D eigenvalue weighted by Crippen LogP contribution is -2.28. The summed E-state index contributed by atoms with van der Waals surface area (Å²) in [7, 11) is -3.09. The Morgan fingerprint density at radius 3 is 2.59 bits per heavy atom. The van der Waals surface area contributed by atoms with Crippen LogP contribution >= 0.6 is 11.3 Å². The first-order chi connectivity index (χ1) is 7.94. The SMILES string of the molecule is CCCCS(=O)(=O)NCCc1nc(C)c(C)s1. The molecular formula is C11H20N2O2S2. The fraction of sp³-hybridized carbons (Fsp3) is 0.727. The van der Waals surface area contributed by atoms with Crippen molar-refractivity contribution in [2.75, 3.05) is 12.3 Å². The van der Waals surface area contributed by atoms with Gasteiger partial charge >= 0.3 is 0 Å². The highest BCUT2D eigenvalue weighted by molar-refractivity contribution is 7.89. The van der Waals surface area contributed by atoms with Crippen molar-refractivity contribution >= 4 is 21.4 Å². The van der Waals surface area contributed by atoms with Crippen LogP contribution in [0.4, 0.5) is 0 Å². The standard InChI is InChI=1S/C11H20N2O2S2/c1-4-5-8-17(14,15)12-7-6-11-13-9(2)10(3)16-11/h12H,4-8H2,1-3H3. The first-order valence-electron chi connectivity index (χ1n) is 5.85. The summed E-state index contributed by atoms with van der Waals surface area (Å²) in [5.41, 5.74) is 1.04. The monoisotopic (exact) mass is 276 g/mol. The molecule has 1 aromatic heterocycles. The number of hydrogen-bond donors (Lipinski definition) is 1. The maximum Gasteiger partial charge on any atom is 0.211 e. The number of aryl methyl sites for hydroxylation is 2. The molecule has 6 heteroatoms. The van der Waals surface area contributed by atoms with E-state index in [0.717, 1.165) is 17.1 Å². The van der Waals surface area contributed by atoms with Crippen LogP contribution in [-0.2, 0) is 16.4 Å². The predicted molar refractivity (Wildman–Crippen MR) is 72.0 cm³/mol. The van der Waals surface area contributed by atoms with Crippen molar-refractivity contribution in [1.29, 1.82) is 0 Å². The van der Waals surface area contributed by atoms with Gasteiger partial charge in [0.05, 0.1) is 16.5 Å². The zero-order chi connectivity index (χ0) is 12.9. The highest BCUT2D eigenvalue weighted by Gasteiger charge is 2.09. The van der Waals surface area contributed by atoms with Crippen LogP contribution in [0, 0.1) is 13.8 Å². The number of sulfonamides is 1. The Labute approximate surface area is 108 Å². The molecule has 0 atom stereocenters. The summed E-state index contributed by atoms with van der Waals surface area (Å²) in [6.45, 7) is 6.43. The average molecular weight is 276 g/mol. The van der Waals surface area contributed by atoms with E-state index >= 15 is 0 Å². The second-order valence-corrected chi connectivity index (χ2v) is 7.28. The van der Waals surface area contributed by atoms with Gasteiger partial charge in [-0.15, -0.1) is 11.3 Å². The summed E-state index contributed by atoms with van der Waals surface area (Å²) in [6.07, 6.45) is 2.28. The first kappa shape index (κ1) is 14.6. The summed E-state index contributed by atoms with van der Waals surface area (Å²) in [4.78, 5) is 5.58. The summed E-state index contributed by atoms with van der Waals surface area (Å²) in [6, 6.07) is 0. The van der Waals surface area contributed by atoms with E-state index in [-0.39, 0.29) is 5.75 Å². The molecule has 17 heavy (non-hydrogen) atoms. The third kappa shape index (κ3) is 5.14. The van der Waals surface area contributed by atoms with Crippen LogP contribution in [0.2, 0.25) is 0 Å². The van der Waals surface area contributed by atoms with Gasteiger partial charge in [-0.1, -0.05) is 13.3 Å². The zero-order valence-corrected chi connectivity index (χ0v) is 12.2. The summed E-state index contributed by atoms with van der Waals surface area (Å²) in [5.74, 6) is 0.222. The Balaban J connectivity index is 2.37. The second kappa shape index (κ2) is 6.47. The van der Waals surface area contributed by atoms with Gasteiger partial charge in [-0.3, -0.25) is 0 Å². The molecular weight excluding hydrogens is 256 g/mol. The molecule has 0 unspecified atom stereocenters. The molecule has 1 rings (SSSR count). The van der Waals surface area contributed by atoms with Gasteiger partial charge in [0, 0.05) is 17.8 Å². The van der Waals surface area contributed by atoms with Crippen molar-refractivity contribution in [1.82, 2.24) is 9.71 Å². The maximum absolute atomic E-state index is 11.5. The third-order valence-corrected chi connectivity index (χ3v) is 5.10. The molecule has 0 bridgehead atoms. The Bertz CT molecular complexity index is 433. The Morgan fingerprint density at radius 2 is 2.06 bits per heavy atom. The molecule has 0 radical (unpaired) electrons. The van der Waals surface area contributed by atoms with Crippen LogP contribution < -0.4 is 4.72 Å². The molecule has 0 amide bonds. The molecule has 98 valence electrons. The molecule has 0 saturated heterocycles. The van der Waals surface area contributed by atoms with Crippen LogP contribution in [0.1, 0.15) is 35.3 Å². The Kier molecular flexibility index (Phi) is 5.55. The van der Waals surface area contributed by atoms with E-state index in [0.29, 0.717) is 19.4 Å². The summed E-state index contributed by atoms with van der Waals surface area (Å²) < 4.78 is 25.7. The van der Waals surface area contributed by atoms with Gasteiger partial charge in [0.2, 0.25) is 10.0 Å². The quantitative estimate of drug-likeness (QED) is 0.829. The van der Waals surface area contributed by atoms with Crippen molar-refractivity contribution < 1.29 is 8.42 Å². The minimum absolute atomic E-state index is 0.222. The normalized spacial score (nSPS) is 11.9. The summed E-state index contributed by atoms with van der Waals surface area (Å²) in [5, 5.41) is 0.998. The highest BCUT2D eigenvalue weighted by Crippen LogP contribution is 2.16. The smallest absolute Gasteiger partial charge is 0.211 e. The van der Waals surface area contributed by atoms with Crippen LogP contribution in [-0.4, -0.2) is 25.7 Å². The molecule has 0 aliphatic heterocycles. The third-order valence-electron chi connectivity index (χ3n) is 2.50. The minimum Gasteiger partial charge on any atom is -0.246 e. The van der Waals surface area contributed by atoms with Gasteiger partial charge in [-0.2, -0.15) is 0 Å². The second-order valence-electron chi connectivity index (χ2n) is 4.07. The van der Waals surface area contributed by atoms with Crippen LogP contribution in [0.5, 0.6) is 0 Å². The van der Waals surface area contributed by atoms with Crippen LogP contribution in [0.25, 0.3) is 0 Å². The maximum atomic E-state index is 11.5. The number of nitrogens with zero attached hydrogens (tertiary/aromatic N) is 1. The van der Waals surface area contributed by atoms with E-state index in [1.807, 2.05) is 20.8 Å². The first-order valence-corrected chi connectivity index (χ1v) is 8.31. The Morgan fingerprint density at radius 1 is 1.35 bits per heavy atom. The number of nitrogens with one attached hydrogen (secondary N) is 1. The van der Waals surface area contributed by atoms with Gasteiger partial charge in [0.15, 0.2) is 0 Å². The van der Waals surface area contributed by atoms with E-state index in [1.165, 1.54) is 4.88 Å². The molecule has 0 spiro atoms. The topological polar surface area (TPSA) is 59.1 Å². The van der Waals surface area contributed by atoms with Gasteiger partial charge < -0.3 is 0 Å². The van der Waals surface area contributed by atoms with Gasteiger partial charge in [0.1, 0.15) is 0 Å².